The molecule has 1 saturated heterocycles. The molecule has 0 bridgehead atoms. The van der Waals surface area contributed by atoms with Crippen molar-refractivity contribution < 1.29 is 5.11 Å². The Morgan fingerprint density at radius 3 is 2.80 bits per heavy atom. The van der Waals surface area contributed by atoms with Gasteiger partial charge in [-0.15, -0.1) is 0 Å². The predicted molar refractivity (Wildman–Crippen MR) is 83.7 cm³/mol. The molecule has 1 fully saturated rings. The van der Waals surface area contributed by atoms with Gasteiger partial charge in [-0.05, 0) is 50.8 Å². The van der Waals surface area contributed by atoms with Gasteiger partial charge in [-0.2, -0.15) is 0 Å². The maximum absolute atomic E-state index is 8.76. The topological polar surface area (TPSA) is 35.5 Å². The van der Waals surface area contributed by atoms with Gasteiger partial charge in [-0.1, -0.05) is 30.3 Å². The van der Waals surface area contributed by atoms with Crippen LogP contribution in [0.15, 0.2) is 30.3 Å². The van der Waals surface area contributed by atoms with Gasteiger partial charge in [0.2, 0.25) is 0 Å². The molecule has 1 aliphatic heterocycles. The van der Waals surface area contributed by atoms with E-state index in [1.54, 1.807) is 0 Å². The van der Waals surface area contributed by atoms with E-state index in [4.69, 9.17) is 5.11 Å². The predicted octanol–water partition coefficient (Wildman–Crippen LogP) is 2.40. The van der Waals surface area contributed by atoms with E-state index in [9.17, 15) is 0 Å². The number of hydrogen-bond acceptors (Lipinski definition) is 3. The molecule has 1 unspecified atom stereocenters. The van der Waals surface area contributed by atoms with Gasteiger partial charge in [0.15, 0.2) is 0 Å². The van der Waals surface area contributed by atoms with Crippen LogP contribution < -0.4 is 5.32 Å². The Labute approximate surface area is 123 Å². The first-order valence-electron chi connectivity index (χ1n) is 7.99. The summed E-state index contributed by atoms with van der Waals surface area (Å²) < 4.78 is 0. The number of aliphatic hydroxyl groups excluding tert-OH is 1. The van der Waals surface area contributed by atoms with Gasteiger partial charge in [0, 0.05) is 25.7 Å². The molecule has 3 heteroatoms. The van der Waals surface area contributed by atoms with Crippen molar-refractivity contribution in [1.29, 1.82) is 0 Å². The number of benzene rings is 1. The number of likely N-dealkylation sites (tertiary alicyclic amines) is 1. The maximum atomic E-state index is 8.76. The Morgan fingerprint density at radius 2 is 2.00 bits per heavy atom. The van der Waals surface area contributed by atoms with Gasteiger partial charge in [0.1, 0.15) is 0 Å². The van der Waals surface area contributed by atoms with E-state index in [0.29, 0.717) is 12.6 Å². The van der Waals surface area contributed by atoms with Crippen molar-refractivity contribution in [1.82, 2.24) is 10.2 Å². The highest BCUT2D eigenvalue weighted by Crippen LogP contribution is 2.13. The number of unbranched alkanes of at least 4 members (excludes halogenated alkanes) is 2. The number of rotatable bonds is 8. The lowest BCUT2D eigenvalue weighted by Gasteiger charge is -2.33. The molecule has 2 rings (SSSR count). The van der Waals surface area contributed by atoms with Crippen LogP contribution in [0.5, 0.6) is 0 Å². The maximum Gasteiger partial charge on any atom is 0.0431 e. The molecule has 1 aromatic carbocycles. The fourth-order valence-corrected chi connectivity index (χ4v) is 2.93. The summed E-state index contributed by atoms with van der Waals surface area (Å²) in [5.41, 5.74) is 1.41. The molecule has 20 heavy (non-hydrogen) atoms. The van der Waals surface area contributed by atoms with Crippen molar-refractivity contribution in [3.05, 3.63) is 35.9 Å². The van der Waals surface area contributed by atoms with Crippen LogP contribution in [-0.4, -0.2) is 42.3 Å². The fraction of sp³-hybridized carbons (Fsp3) is 0.647. The summed E-state index contributed by atoms with van der Waals surface area (Å²) in [5.74, 6) is 0. The minimum absolute atomic E-state index is 0.328. The molecule has 2 N–H and O–H groups in total. The Balaban J connectivity index is 1.66. The van der Waals surface area contributed by atoms with Crippen molar-refractivity contribution in [2.24, 2.45) is 0 Å². The monoisotopic (exact) mass is 276 g/mol. The normalized spacial score (nSPS) is 20.1. The molecule has 1 aliphatic rings. The van der Waals surface area contributed by atoms with Gasteiger partial charge < -0.3 is 10.4 Å². The molecule has 0 spiro atoms. The summed E-state index contributed by atoms with van der Waals surface area (Å²) in [5, 5.41) is 12.4. The van der Waals surface area contributed by atoms with Crippen LogP contribution in [-0.2, 0) is 6.54 Å². The summed E-state index contributed by atoms with van der Waals surface area (Å²) in [6.45, 7) is 4.87. The van der Waals surface area contributed by atoms with E-state index < -0.39 is 0 Å². The van der Waals surface area contributed by atoms with Crippen LogP contribution >= 0.6 is 0 Å². The summed E-state index contributed by atoms with van der Waals surface area (Å²) in [6.07, 6.45) is 5.83. The minimum Gasteiger partial charge on any atom is -0.396 e. The Kier molecular flexibility index (Phi) is 7.06. The zero-order chi connectivity index (χ0) is 14.0. The number of piperidine rings is 1. The summed E-state index contributed by atoms with van der Waals surface area (Å²) >= 11 is 0. The van der Waals surface area contributed by atoms with Crippen LogP contribution in [0.2, 0.25) is 0 Å². The molecule has 1 atom stereocenters. The van der Waals surface area contributed by atoms with E-state index in [1.807, 2.05) is 0 Å². The van der Waals surface area contributed by atoms with Crippen molar-refractivity contribution in [3.8, 4) is 0 Å². The van der Waals surface area contributed by atoms with Crippen molar-refractivity contribution in [2.75, 3.05) is 26.2 Å². The highest BCUT2D eigenvalue weighted by Gasteiger charge is 2.18. The van der Waals surface area contributed by atoms with Gasteiger partial charge in [-0.3, -0.25) is 4.90 Å². The lowest BCUT2D eigenvalue weighted by molar-refractivity contribution is 0.183. The van der Waals surface area contributed by atoms with Crippen molar-refractivity contribution in [3.63, 3.8) is 0 Å². The average molecular weight is 276 g/mol. The summed E-state index contributed by atoms with van der Waals surface area (Å²) in [6, 6.07) is 11.4. The van der Waals surface area contributed by atoms with Gasteiger partial charge in [0.25, 0.3) is 0 Å². The third kappa shape index (κ3) is 5.61. The first-order chi connectivity index (χ1) is 9.88. The molecular weight excluding hydrogens is 248 g/mol. The Bertz CT molecular complexity index is 355. The standard InChI is InChI=1S/C17H28N2O/c20-13-6-2-5-11-18-17-10-7-12-19(15-17)14-16-8-3-1-4-9-16/h1,3-4,8-9,17-18,20H,2,5-7,10-15H2. The van der Waals surface area contributed by atoms with Crippen LogP contribution in [0, 0.1) is 0 Å². The number of nitrogens with one attached hydrogen (secondary N) is 1. The van der Waals surface area contributed by atoms with Gasteiger partial charge in [-0.25, -0.2) is 0 Å². The number of aliphatic hydroxyl groups is 1. The second kappa shape index (κ2) is 9.11. The highest BCUT2D eigenvalue weighted by atomic mass is 16.2. The molecule has 1 aromatic rings. The smallest absolute Gasteiger partial charge is 0.0431 e. The Morgan fingerprint density at radius 1 is 1.15 bits per heavy atom. The molecule has 0 aromatic heterocycles. The highest BCUT2D eigenvalue weighted by molar-refractivity contribution is 5.14. The zero-order valence-corrected chi connectivity index (χ0v) is 12.4. The lowest BCUT2D eigenvalue weighted by Crippen LogP contribution is -2.45. The first kappa shape index (κ1) is 15.5. The molecule has 3 nitrogen and oxygen atoms in total. The minimum atomic E-state index is 0.328. The second-order valence-electron chi connectivity index (χ2n) is 5.80. The van der Waals surface area contributed by atoms with E-state index in [1.165, 1.54) is 31.4 Å². The quantitative estimate of drug-likeness (QED) is 0.716. The van der Waals surface area contributed by atoms with Crippen LogP contribution in [0.25, 0.3) is 0 Å². The number of nitrogens with zero attached hydrogens (tertiary/aromatic N) is 1. The lowest BCUT2D eigenvalue weighted by atomic mass is 10.0. The largest absolute Gasteiger partial charge is 0.396 e. The zero-order valence-electron chi connectivity index (χ0n) is 12.4. The number of hydrogen-bond donors (Lipinski definition) is 2. The van der Waals surface area contributed by atoms with E-state index in [0.717, 1.165) is 32.5 Å². The van der Waals surface area contributed by atoms with Crippen molar-refractivity contribution in [2.45, 2.75) is 44.7 Å². The van der Waals surface area contributed by atoms with Gasteiger partial charge >= 0.3 is 0 Å². The first-order valence-corrected chi connectivity index (χ1v) is 7.99. The van der Waals surface area contributed by atoms with Crippen LogP contribution in [0.3, 0.4) is 0 Å². The molecule has 1 heterocycles. The molecule has 0 saturated carbocycles. The SMILES string of the molecule is OCCCCCNC1CCCN(Cc2ccccc2)C1. The van der Waals surface area contributed by atoms with Gasteiger partial charge in [0.05, 0.1) is 0 Å². The third-order valence-electron chi connectivity index (χ3n) is 4.02. The molecule has 0 amide bonds. The summed E-state index contributed by atoms with van der Waals surface area (Å²) in [4.78, 5) is 2.56. The van der Waals surface area contributed by atoms with Crippen molar-refractivity contribution >= 4 is 0 Å². The molecule has 0 aliphatic carbocycles. The van der Waals surface area contributed by atoms with E-state index in [2.05, 4.69) is 40.5 Å². The second-order valence-corrected chi connectivity index (χ2v) is 5.80. The molecule has 112 valence electrons. The van der Waals surface area contributed by atoms with E-state index >= 15 is 0 Å². The molecule has 0 radical (unpaired) electrons. The van der Waals surface area contributed by atoms with Crippen LogP contribution in [0.4, 0.5) is 0 Å². The third-order valence-corrected chi connectivity index (χ3v) is 4.02. The van der Waals surface area contributed by atoms with Crippen LogP contribution in [0.1, 0.15) is 37.7 Å². The summed E-state index contributed by atoms with van der Waals surface area (Å²) in [7, 11) is 0. The van der Waals surface area contributed by atoms with E-state index in [-0.39, 0.29) is 0 Å². The Hall–Kier alpha value is -0.900. The fourth-order valence-electron chi connectivity index (χ4n) is 2.93. The average Bonchev–Trinajstić information content (AvgIpc) is 2.48. The molecular formula is C17H28N2O.